The summed E-state index contributed by atoms with van der Waals surface area (Å²) in [5.41, 5.74) is 1.35. The number of nitrogens with zero attached hydrogens (tertiary/aromatic N) is 2. The van der Waals surface area contributed by atoms with Crippen LogP contribution in [-0.4, -0.2) is 21.2 Å². The van der Waals surface area contributed by atoms with Gasteiger partial charge in [-0.3, -0.25) is 14.2 Å². The van der Waals surface area contributed by atoms with Gasteiger partial charge in [0.05, 0.1) is 35.5 Å². The molecule has 31 heavy (non-hydrogen) atoms. The van der Waals surface area contributed by atoms with Crippen molar-refractivity contribution in [2.45, 2.75) is 24.7 Å². The lowest BCUT2D eigenvalue weighted by molar-refractivity contribution is -0.119. The molecule has 158 valence electrons. The number of aromatic nitrogens is 2. The van der Waals surface area contributed by atoms with E-state index in [0.717, 1.165) is 5.56 Å². The van der Waals surface area contributed by atoms with Crippen LogP contribution in [0.5, 0.6) is 0 Å². The van der Waals surface area contributed by atoms with E-state index < -0.39 is 0 Å². The Kier molecular flexibility index (Phi) is 6.44. The molecule has 0 aliphatic rings. The summed E-state index contributed by atoms with van der Waals surface area (Å²) in [5.74, 6) is 0.595. The Morgan fingerprint density at radius 1 is 1.19 bits per heavy atom. The van der Waals surface area contributed by atoms with Crippen LogP contribution < -0.4 is 10.9 Å². The minimum Gasteiger partial charge on any atom is -0.467 e. The molecule has 6 nitrogen and oxygen atoms in total. The van der Waals surface area contributed by atoms with Gasteiger partial charge in [-0.05, 0) is 48.9 Å². The highest BCUT2D eigenvalue weighted by Crippen LogP contribution is 2.21. The lowest BCUT2D eigenvalue weighted by Crippen LogP contribution is -2.29. The van der Waals surface area contributed by atoms with Crippen LogP contribution in [0.15, 0.2) is 81.3 Å². The van der Waals surface area contributed by atoms with E-state index in [2.05, 4.69) is 10.3 Å². The summed E-state index contributed by atoms with van der Waals surface area (Å²) >= 11 is 7.26. The van der Waals surface area contributed by atoms with Gasteiger partial charge < -0.3 is 9.73 Å². The van der Waals surface area contributed by atoms with Crippen LogP contribution in [0.25, 0.3) is 10.9 Å². The molecule has 1 unspecified atom stereocenters. The average Bonchev–Trinajstić information content (AvgIpc) is 3.28. The molecule has 0 aliphatic carbocycles. The number of carbonyl (C=O) groups excluding carboxylic acids is 1. The third kappa shape index (κ3) is 5.00. The smallest absolute Gasteiger partial charge is 0.262 e. The molecule has 0 bridgehead atoms. The first kappa shape index (κ1) is 21.2. The van der Waals surface area contributed by atoms with E-state index in [4.69, 9.17) is 16.0 Å². The Morgan fingerprint density at radius 2 is 2.03 bits per heavy atom. The van der Waals surface area contributed by atoms with Crippen LogP contribution in [-0.2, 0) is 11.3 Å². The lowest BCUT2D eigenvalue weighted by atomic mass is 10.1. The Balaban J connectivity index is 1.54. The SMILES string of the molecule is CC(NC(=O)CSc1nc2ccccc2c(=O)n1Cc1ccco1)c1cccc(Cl)c1. The van der Waals surface area contributed by atoms with Crippen molar-refractivity contribution in [2.24, 2.45) is 0 Å². The number of halogens is 1. The number of rotatable bonds is 7. The Bertz CT molecular complexity index is 1270. The number of furan rings is 1. The molecule has 0 spiro atoms. The summed E-state index contributed by atoms with van der Waals surface area (Å²) in [6.07, 6.45) is 1.56. The third-order valence-corrected chi connectivity index (χ3v) is 5.99. The van der Waals surface area contributed by atoms with Gasteiger partial charge in [0.1, 0.15) is 5.76 Å². The van der Waals surface area contributed by atoms with Gasteiger partial charge in [0.15, 0.2) is 5.16 Å². The van der Waals surface area contributed by atoms with Crippen molar-refractivity contribution < 1.29 is 9.21 Å². The van der Waals surface area contributed by atoms with Crippen LogP contribution in [0, 0.1) is 0 Å². The summed E-state index contributed by atoms with van der Waals surface area (Å²) in [7, 11) is 0. The maximum Gasteiger partial charge on any atom is 0.262 e. The van der Waals surface area contributed by atoms with Gasteiger partial charge in [-0.15, -0.1) is 0 Å². The first-order chi connectivity index (χ1) is 15.0. The first-order valence-corrected chi connectivity index (χ1v) is 11.1. The third-order valence-electron chi connectivity index (χ3n) is 4.78. The van der Waals surface area contributed by atoms with Gasteiger partial charge >= 0.3 is 0 Å². The van der Waals surface area contributed by atoms with Crippen molar-refractivity contribution in [3.8, 4) is 0 Å². The van der Waals surface area contributed by atoms with E-state index in [0.29, 0.717) is 26.8 Å². The van der Waals surface area contributed by atoms with E-state index in [1.165, 1.54) is 11.8 Å². The number of thioether (sulfide) groups is 1. The summed E-state index contributed by atoms with van der Waals surface area (Å²) in [5, 5.41) is 4.57. The normalized spacial score (nSPS) is 12.1. The topological polar surface area (TPSA) is 77.1 Å². The number of fused-ring (bicyclic) bond motifs is 1. The fourth-order valence-electron chi connectivity index (χ4n) is 3.23. The van der Waals surface area contributed by atoms with Crippen molar-refractivity contribution in [1.29, 1.82) is 0 Å². The maximum atomic E-state index is 13.1. The second kappa shape index (κ2) is 9.41. The molecule has 0 radical (unpaired) electrons. The van der Waals surface area contributed by atoms with Gasteiger partial charge in [-0.25, -0.2) is 4.98 Å². The standard InChI is InChI=1S/C23H20ClN3O3S/c1-15(16-6-4-7-17(24)12-16)25-21(28)14-31-23-26-20-10-3-2-9-19(20)22(29)27(23)13-18-8-5-11-30-18/h2-12,15H,13-14H2,1H3,(H,25,28). The molecule has 1 amide bonds. The first-order valence-electron chi connectivity index (χ1n) is 9.71. The Labute approximate surface area is 188 Å². The minimum absolute atomic E-state index is 0.119. The number of hydrogen-bond donors (Lipinski definition) is 1. The summed E-state index contributed by atoms with van der Waals surface area (Å²) in [6, 6.07) is 17.9. The monoisotopic (exact) mass is 453 g/mol. The molecule has 4 rings (SSSR count). The molecule has 8 heteroatoms. The zero-order valence-corrected chi connectivity index (χ0v) is 18.3. The fraction of sp³-hybridized carbons (Fsp3) is 0.174. The molecule has 0 saturated heterocycles. The van der Waals surface area contributed by atoms with Crippen LogP contribution in [0.1, 0.15) is 24.3 Å². The predicted molar refractivity (Wildman–Crippen MR) is 123 cm³/mol. The molecule has 2 heterocycles. The van der Waals surface area contributed by atoms with Gasteiger partial charge in [0, 0.05) is 5.02 Å². The molecule has 0 saturated carbocycles. The van der Waals surface area contributed by atoms with Gasteiger partial charge in [-0.2, -0.15) is 0 Å². The predicted octanol–water partition coefficient (Wildman–Crippen LogP) is 4.66. The number of nitrogens with one attached hydrogen (secondary N) is 1. The van der Waals surface area contributed by atoms with Crippen LogP contribution in [0.3, 0.4) is 0 Å². The van der Waals surface area contributed by atoms with Crippen molar-refractivity contribution in [3.05, 3.63) is 93.6 Å². The second-order valence-corrected chi connectivity index (χ2v) is 8.39. The van der Waals surface area contributed by atoms with Crippen LogP contribution >= 0.6 is 23.4 Å². The number of benzene rings is 2. The summed E-state index contributed by atoms with van der Waals surface area (Å²) in [6.45, 7) is 2.14. The number of carbonyl (C=O) groups is 1. The summed E-state index contributed by atoms with van der Waals surface area (Å²) < 4.78 is 6.95. The average molecular weight is 454 g/mol. The molecular formula is C23H20ClN3O3S. The zero-order chi connectivity index (χ0) is 21.8. The highest BCUT2D eigenvalue weighted by molar-refractivity contribution is 7.99. The zero-order valence-electron chi connectivity index (χ0n) is 16.7. The van der Waals surface area contributed by atoms with Crippen molar-refractivity contribution in [2.75, 3.05) is 5.75 Å². The molecule has 4 aromatic rings. The molecule has 1 N–H and O–H groups in total. The lowest BCUT2D eigenvalue weighted by Gasteiger charge is -2.15. The van der Waals surface area contributed by atoms with Crippen LogP contribution in [0.4, 0.5) is 0 Å². The molecule has 1 atom stereocenters. The van der Waals surface area contributed by atoms with Crippen LogP contribution in [0.2, 0.25) is 5.02 Å². The van der Waals surface area contributed by atoms with Crippen molar-refractivity contribution >= 4 is 40.2 Å². The van der Waals surface area contributed by atoms with Gasteiger partial charge in [0.2, 0.25) is 5.91 Å². The van der Waals surface area contributed by atoms with Crippen molar-refractivity contribution in [3.63, 3.8) is 0 Å². The number of hydrogen-bond acceptors (Lipinski definition) is 5. The minimum atomic E-state index is -0.193. The van der Waals surface area contributed by atoms with Gasteiger partial charge in [-0.1, -0.05) is 47.6 Å². The number of amides is 1. The van der Waals surface area contributed by atoms with E-state index in [1.54, 1.807) is 47.2 Å². The maximum absolute atomic E-state index is 13.1. The van der Waals surface area contributed by atoms with Crippen molar-refractivity contribution in [1.82, 2.24) is 14.9 Å². The second-order valence-electron chi connectivity index (χ2n) is 7.02. The largest absolute Gasteiger partial charge is 0.467 e. The Morgan fingerprint density at radius 3 is 2.81 bits per heavy atom. The quantitative estimate of drug-likeness (QED) is 0.325. The molecule has 0 fully saturated rings. The highest BCUT2D eigenvalue weighted by atomic mass is 35.5. The van der Waals surface area contributed by atoms with E-state index in [1.807, 2.05) is 31.2 Å². The Hall–Kier alpha value is -3.03. The molecule has 0 aliphatic heterocycles. The van der Waals surface area contributed by atoms with E-state index in [-0.39, 0.29) is 29.8 Å². The fourth-order valence-corrected chi connectivity index (χ4v) is 4.24. The van der Waals surface area contributed by atoms with E-state index >= 15 is 0 Å². The number of para-hydroxylation sites is 1. The molecule has 2 aromatic heterocycles. The molecule has 2 aromatic carbocycles. The van der Waals surface area contributed by atoms with Gasteiger partial charge in [0.25, 0.3) is 5.56 Å². The molecular weight excluding hydrogens is 434 g/mol. The van der Waals surface area contributed by atoms with E-state index in [9.17, 15) is 9.59 Å². The highest BCUT2D eigenvalue weighted by Gasteiger charge is 2.16. The summed E-state index contributed by atoms with van der Waals surface area (Å²) in [4.78, 5) is 30.3.